The Bertz CT molecular complexity index is 1330. The van der Waals surface area contributed by atoms with Gasteiger partial charge in [-0.2, -0.15) is 0 Å². The topological polar surface area (TPSA) is 80.6 Å². The number of hydrogen-bond donors (Lipinski definition) is 2. The van der Waals surface area contributed by atoms with E-state index in [2.05, 4.69) is 15.4 Å². The Morgan fingerprint density at radius 2 is 1.61 bits per heavy atom. The largest absolute Gasteiger partial charge is 0.573 e. The lowest BCUT2D eigenvalue weighted by molar-refractivity contribution is -0.274. The maximum absolute atomic E-state index is 12.9. The minimum atomic E-state index is -4.82. The zero-order chi connectivity index (χ0) is 23.6. The van der Waals surface area contributed by atoms with E-state index in [0.717, 1.165) is 12.1 Å². The van der Waals surface area contributed by atoms with E-state index in [1.165, 1.54) is 18.2 Å². The summed E-state index contributed by atoms with van der Waals surface area (Å²) >= 11 is 5.95. The van der Waals surface area contributed by atoms with Crippen LogP contribution in [0.15, 0.2) is 77.2 Å². The van der Waals surface area contributed by atoms with Gasteiger partial charge in [-0.05, 0) is 54.6 Å². The van der Waals surface area contributed by atoms with Crippen molar-refractivity contribution < 1.29 is 31.9 Å². The fraction of sp³-hybridized carbons (Fsp3) is 0.0435. The van der Waals surface area contributed by atoms with Crippen molar-refractivity contribution >= 4 is 45.8 Å². The number of carbonyl (C=O) groups is 2. The molecule has 1 aromatic heterocycles. The van der Waals surface area contributed by atoms with Gasteiger partial charge in [0.2, 0.25) is 5.76 Å². The number of rotatable bonds is 5. The second kappa shape index (κ2) is 8.87. The molecule has 0 radical (unpaired) electrons. The highest BCUT2D eigenvalue weighted by Crippen LogP contribution is 2.32. The highest BCUT2D eigenvalue weighted by molar-refractivity contribution is 6.31. The smallest absolute Gasteiger partial charge is 0.449 e. The fourth-order valence-corrected chi connectivity index (χ4v) is 3.26. The first kappa shape index (κ1) is 22.2. The van der Waals surface area contributed by atoms with Crippen LogP contribution in [0.2, 0.25) is 5.02 Å². The van der Waals surface area contributed by atoms with Crippen molar-refractivity contribution in [3.8, 4) is 5.75 Å². The Hall–Kier alpha value is -3.98. The van der Waals surface area contributed by atoms with E-state index in [9.17, 15) is 22.8 Å². The van der Waals surface area contributed by atoms with Gasteiger partial charge < -0.3 is 19.8 Å². The average molecular weight is 475 g/mol. The third-order valence-electron chi connectivity index (χ3n) is 4.47. The number of anilines is 2. The summed E-state index contributed by atoms with van der Waals surface area (Å²) in [6.07, 6.45) is -4.82. The Labute approximate surface area is 189 Å². The molecule has 0 bridgehead atoms. The van der Waals surface area contributed by atoms with E-state index < -0.39 is 23.9 Å². The number of furan rings is 1. The molecule has 4 rings (SSSR count). The number of halogens is 4. The third kappa shape index (κ3) is 5.27. The van der Waals surface area contributed by atoms with Crippen molar-refractivity contribution in [1.29, 1.82) is 0 Å². The predicted octanol–water partition coefficient (Wildman–Crippen LogP) is 6.49. The number of benzene rings is 3. The van der Waals surface area contributed by atoms with E-state index >= 15 is 0 Å². The number of hydrogen-bond acceptors (Lipinski definition) is 4. The second-order valence-electron chi connectivity index (χ2n) is 6.79. The molecule has 4 aromatic rings. The molecular weight excluding hydrogens is 461 g/mol. The molecule has 0 aliphatic carbocycles. The number of fused-ring (bicyclic) bond motifs is 1. The molecule has 0 atom stereocenters. The first-order valence-electron chi connectivity index (χ1n) is 9.45. The number of ether oxygens (including phenoxy) is 1. The zero-order valence-electron chi connectivity index (χ0n) is 16.6. The summed E-state index contributed by atoms with van der Waals surface area (Å²) in [5, 5.41) is 6.07. The lowest BCUT2D eigenvalue weighted by Gasteiger charge is -2.10. The number of alkyl halides is 3. The fourth-order valence-electron chi connectivity index (χ4n) is 3.07. The summed E-state index contributed by atoms with van der Waals surface area (Å²) in [7, 11) is 0. The lowest BCUT2D eigenvalue weighted by Crippen LogP contribution is -2.18. The van der Waals surface area contributed by atoms with Crippen molar-refractivity contribution in [2.24, 2.45) is 0 Å². The minimum Gasteiger partial charge on any atom is -0.449 e. The minimum absolute atomic E-state index is 0.144. The highest BCUT2D eigenvalue weighted by Gasteiger charge is 2.31. The van der Waals surface area contributed by atoms with Crippen LogP contribution in [0.1, 0.15) is 20.9 Å². The molecule has 2 N–H and O–H groups in total. The van der Waals surface area contributed by atoms with E-state index in [-0.39, 0.29) is 22.7 Å². The summed E-state index contributed by atoms with van der Waals surface area (Å²) in [5.74, 6) is -1.83. The van der Waals surface area contributed by atoms with Crippen molar-refractivity contribution in [2.75, 3.05) is 10.6 Å². The van der Waals surface area contributed by atoms with Gasteiger partial charge in [-0.1, -0.05) is 29.8 Å². The van der Waals surface area contributed by atoms with Gasteiger partial charge in [-0.25, -0.2) is 0 Å². The molecule has 10 heteroatoms. The first-order chi connectivity index (χ1) is 15.7. The number of carbonyl (C=O) groups excluding carboxylic acids is 2. The first-order valence-corrected chi connectivity index (χ1v) is 9.83. The Morgan fingerprint density at radius 3 is 2.30 bits per heavy atom. The Balaban J connectivity index is 1.61. The number of amides is 2. The summed E-state index contributed by atoms with van der Waals surface area (Å²) in [6.45, 7) is 0. The molecule has 33 heavy (non-hydrogen) atoms. The van der Waals surface area contributed by atoms with Crippen LogP contribution in [-0.2, 0) is 0 Å². The van der Waals surface area contributed by atoms with Crippen LogP contribution < -0.4 is 15.4 Å². The normalized spacial score (nSPS) is 11.3. The Kier molecular flexibility index (Phi) is 5.97. The van der Waals surface area contributed by atoms with Crippen LogP contribution in [0.5, 0.6) is 5.75 Å². The predicted molar refractivity (Wildman–Crippen MR) is 117 cm³/mol. The van der Waals surface area contributed by atoms with E-state index in [1.54, 1.807) is 42.5 Å². The SMILES string of the molecule is O=C(Nc1c(C(=O)Nc2ccc(OC(F)(F)F)cc2)oc2ccccc12)c1cccc(Cl)c1. The van der Waals surface area contributed by atoms with E-state index in [1.807, 2.05) is 0 Å². The van der Waals surface area contributed by atoms with Gasteiger partial charge in [0.05, 0.1) is 0 Å². The van der Waals surface area contributed by atoms with Gasteiger partial charge in [0.1, 0.15) is 17.0 Å². The van der Waals surface area contributed by atoms with Crippen molar-refractivity contribution in [1.82, 2.24) is 0 Å². The van der Waals surface area contributed by atoms with Crippen LogP contribution in [0.3, 0.4) is 0 Å². The molecule has 0 aliphatic rings. The second-order valence-corrected chi connectivity index (χ2v) is 7.23. The summed E-state index contributed by atoms with van der Waals surface area (Å²) in [5.41, 5.74) is 0.976. The van der Waals surface area contributed by atoms with Crippen LogP contribution in [0, 0.1) is 0 Å². The molecular formula is C23H14ClF3N2O4. The monoisotopic (exact) mass is 474 g/mol. The van der Waals surface area contributed by atoms with Crippen LogP contribution in [0.25, 0.3) is 11.0 Å². The molecule has 6 nitrogen and oxygen atoms in total. The molecule has 0 spiro atoms. The summed E-state index contributed by atoms with van der Waals surface area (Å²) < 4.78 is 46.4. The van der Waals surface area contributed by atoms with Crippen molar-refractivity contribution in [3.63, 3.8) is 0 Å². The molecule has 0 aliphatic heterocycles. The molecule has 168 valence electrons. The van der Waals surface area contributed by atoms with Crippen LogP contribution in [0.4, 0.5) is 24.5 Å². The van der Waals surface area contributed by atoms with Gasteiger partial charge in [0.25, 0.3) is 11.8 Å². The third-order valence-corrected chi connectivity index (χ3v) is 4.71. The average Bonchev–Trinajstić information content (AvgIpc) is 3.13. The van der Waals surface area contributed by atoms with E-state index in [0.29, 0.717) is 16.0 Å². The van der Waals surface area contributed by atoms with Gasteiger partial charge in [0.15, 0.2) is 0 Å². The molecule has 1 heterocycles. The maximum Gasteiger partial charge on any atom is 0.573 e. The highest BCUT2D eigenvalue weighted by atomic mass is 35.5. The van der Waals surface area contributed by atoms with Gasteiger partial charge in [-0.15, -0.1) is 13.2 Å². The number of nitrogens with one attached hydrogen (secondary N) is 2. The molecule has 0 unspecified atom stereocenters. The van der Waals surface area contributed by atoms with Gasteiger partial charge >= 0.3 is 6.36 Å². The number of para-hydroxylation sites is 1. The van der Waals surface area contributed by atoms with Gasteiger partial charge in [-0.3, -0.25) is 9.59 Å². The zero-order valence-corrected chi connectivity index (χ0v) is 17.3. The van der Waals surface area contributed by atoms with E-state index in [4.69, 9.17) is 16.0 Å². The molecule has 0 fully saturated rings. The van der Waals surface area contributed by atoms with Crippen molar-refractivity contribution in [3.05, 3.63) is 89.1 Å². The van der Waals surface area contributed by atoms with Crippen molar-refractivity contribution in [2.45, 2.75) is 6.36 Å². The molecule has 0 saturated heterocycles. The molecule has 0 saturated carbocycles. The molecule has 2 amide bonds. The quantitative estimate of drug-likeness (QED) is 0.346. The maximum atomic E-state index is 12.9. The van der Waals surface area contributed by atoms with Crippen LogP contribution >= 0.6 is 11.6 Å². The summed E-state index contributed by atoms with van der Waals surface area (Å²) in [4.78, 5) is 25.6. The standard InChI is InChI=1S/C23H14ClF3N2O4/c24-14-5-3-4-13(12-14)21(30)29-19-17-6-1-2-7-18(17)32-20(19)22(31)28-15-8-10-16(11-9-15)33-23(25,26)27/h1-12H,(H,28,31)(H,29,30). The Morgan fingerprint density at radius 1 is 0.879 bits per heavy atom. The van der Waals surface area contributed by atoms with Crippen LogP contribution in [-0.4, -0.2) is 18.2 Å². The lowest BCUT2D eigenvalue weighted by atomic mass is 10.1. The molecule has 3 aromatic carbocycles. The summed E-state index contributed by atoms with van der Waals surface area (Å²) in [6, 6.07) is 17.6. The van der Waals surface area contributed by atoms with Gasteiger partial charge in [0, 0.05) is 21.7 Å².